The molecule has 0 fully saturated rings. The van der Waals surface area contributed by atoms with E-state index >= 15 is 0 Å². The lowest BCUT2D eigenvalue weighted by Crippen LogP contribution is -2.09. The van der Waals surface area contributed by atoms with E-state index in [4.69, 9.17) is 0 Å². The molecule has 0 aliphatic carbocycles. The second-order valence-electron chi connectivity index (χ2n) is 5.74. The topological polar surface area (TPSA) is 68.5 Å². The van der Waals surface area contributed by atoms with E-state index in [0.29, 0.717) is 0 Å². The minimum Gasteiger partial charge on any atom is -0.368 e. The van der Waals surface area contributed by atoms with E-state index in [1.807, 2.05) is 24.6 Å². The number of rotatable bonds is 6. The summed E-state index contributed by atoms with van der Waals surface area (Å²) in [6.07, 6.45) is 5.34. The number of nitrogens with zero attached hydrogens (tertiary/aromatic N) is 5. The van der Waals surface area contributed by atoms with Crippen LogP contribution in [0.15, 0.2) is 18.5 Å². The van der Waals surface area contributed by atoms with Crippen molar-refractivity contribution in [2.45, 2.75) is 40.5 Å². The van der Waals surface area contributed by atoms with Crippen molar-refractivity contribution in [3.8, 4) is 5.82 Å². The van der Waals surface area contributed by atoms with Gasteiger partial charge in [-0.05, 0) is 33.3 Å². The molecule has 7 heteroatoms. The second kappa shape index (κ2) is 7.09. The van der Waals surface area contributed by atoms with Crippen molar-refractivity contribution in [2.24, 2.45) is 0 Å². The lowest BCUT2D eigenvalue weighted by Gasteiger charge is -2.07. The molecule has 6 nitrogen and oxygen atoms in total. The Bertz CT molecular complexity index is 835. The average Bonchev–Trinajstić information content (AvgIpc) is 3.09. The monoisotopic (exact) mass is 342 g/mol. The van der Waals surface area contributed by atoms with Crippen molar-refractivity contribution in [1.29, 1.82) is 0 Å². The first-order valence-corrected chi connectivity index (χ1v) is 8.93. The fourth-order valence-electron chi connectivity index (χ4n) is 2.62. The fraction of sp³-hybridized carbons (Fsp3) is 0.412. The summed E-state index contributed by atoms with van der Waals surface area (Å²) in [6.45, 7) is 9.05. The molecule has 3 heterocycles. The Kier molecular flexibility index (Phi) is 4.89. The van der Waals surface area contributed by atoms with Gasteiger partial charge >= 0.3 is 0 Å². The van der Waals surface area contributed by atoms with Crippen LogP contribution in [0.3, 0.4) is 0 Å². The first kappa shape index (κ1) is 16.6. The summed E-state index contributed by atoms with van der Waals surface area (Å²) >= 11 is 1.78. The molecule has 3 rings (SSSR count). The first-order chi connectivity index (χ1) is 11.6. The predicted molar refractivity (Wildman–Crippen MR) is 97.1 cm³/mol. The smallest absolute Gasteiger partial charge is 0.174 e. The molecule has 0 spiro atoms. The van der Waals surface area contributed by atoms with Crippen LogP contribution in [-0.4, -0.2) is 31.3 Å². The summed E-state index contributed by atoms with van der Waals surface area (Å²) in [7, 11) is 0. The Balaban J connectivity index is 1.65. The maximum Gasteiger partial charge on any atom is 0.174 e. The largest absolute Gasteiger partial charge is 0.368 e. The van der Waals surface area contributed by atoms with E-state index in [0.717, 1.165) is 42.4 Å². The van der Waals surface area contributed by atoms with Crippen LogP contribution in [0.4, 0.5) is 5.82 Å². The molecule has 126 valence electrons. The van der Waals surface area contributed by atoms with Gasteiger partial charge in [0.2, 0.25) is 0 Å². The van der Waals surface area contributed by atoms with Crippen LogP contribution in [0.2, 0.25) is 0 Å². The third kappa shape index (κ3) is 3.62. The van der Waals surface area contributed by atoms with Crippen LogP contribution in [0.1, 0.15) is 33.9 Å². The summed E-state index contributed by atoms with van der Waals surface area (Å²) in [6, 6.07) is 2.03. The highest BCUT2D eigenvalue weighted by atomic mass is 32.1. The average molecular weight is 342 g/mol. The zero-order chi connectivity index (χ0) is 17.1. The molecule has 1 N–H and O–H groups in total. The summed E-state index contributed by atoms with van der Waals surface area (Å²) in [5, 5.41) is 8.94. The number of anilines is 1. The standard InChI is InChI=1S/C17H22N6S/c1-5-14-13(4)24-17(20-14)6-7-19-15-9-18-10-16(21-15)23-12(3)8-11(2)22-23/h8-10H,5-7H2,1-4H3,(H,19,21). The van der Waals surface area contributed by atoms with Crippen LogP contribution in [0.5, 0.6) is 0 Å². The van der Waals surface area contributed by atoms with Gasteiger partial charge in [-0.3, -0.25) is 4.98 Å². The Morgan fingerprint density at radius 1 is 1.17 bits per heavy atom. The van der Waals surface area contributed by atoms with Crippen LogP contribution in [0.25, 0.3) is 5.82 Å². The van der Waals surface area contributed by atoms with Crippen molar-refractivity contribution in [2.75, 3.05) is 11.9 Å². The molecule has 3 aromatic heterocycles. The molecule has 0 amide bonds. The first-order valence-electron chi connectivity index (χ1n) is 8.11. The Morgan fingerprint density at radius 2 is 2.00 bits per heavy atom. The fourth-order valence-corrected chi connectivity index (χ4v) is 3.65. The van der Waals surface area contributed by atoms with E-state index in [-0.39, 0.29) is 0 Å². The highest BCUT2D eigenvalue weighted by Gasteiger charge is 2.08. The second-order valence-corrected chi connectivity index (χ2v) is 7.03. The molecule has 0 saturated heterocycles. The SMILES string of the molecule is CCc1nc(CCNc2cncc(-n3nc(C)cc3C)n2)sc1C. The predicted octanol–water partition coefficient (Wildman–Crippen LogP) is 3.26. The Hall–Kier alpha value is -2.28. The number of hydrogen-bond acceptors (Lipinski definition) is 6. The van der Waals surface area contributed by atoms with Crippen molar-refractivity contribution in [3.05, 3.63) is 45.4 Å². The molecule has 0 unspecified atom stereocenters. The van der Waals surface area contributed by atoms with Gasteiger partial charge < -0.3 is 5.32 Å². The number of thiazole rings is 1. The van der Waals surface area contributed by atoms with E-state index in [1.54, 1.807) is 23.7 Å². The number of aromatic nitrogens is 5. The van der Waals surface area contributed by atoms with E-state index in [2.05, 4.69) is 39.2 Å². The van der Waals surface area contributed by atoms with Gasteiger partial charge in [-0.2, -0.15) is 5.10 Å². The van der Waals surface area contributed by atoms with Gasteiger partial charge in [-0.25, -0.2) is 14.6 Å². The molecular weight excluding hydrogens is 320 g/mol. The van der Waals surface area contributed by atoms with E-state index in [9.17, 15) is 0 Å². The van der Waals surface area contributed by atoms with E-state index in [1.165, 1.54) is 15.6 Å². The zero-order valence-electron chi connectivity index (χ0n) is 14.5. The van der Waals surface area contributed by atoms with E-state index < -0.39 is 0 Å². The van der Waals surface area contributed by atoms with Gasteiger partial charge in [0, 0.05) is 23.5 Å². The highest BCUT2D eigenvalue weighted by molar-refractivity contribution is 7.11. The van der Waals surface area contributed by atoms with Gasteiger partial charge in [0.1, 0.15) is 5.82 Å². The third-order valence-electron chi connectivity index (χ3n) is 3.77. The highest BCUT2D eigenvalue weighted by Crippen LogP contribution is 2.18. The molecule has 0 saturated carbocycles. The van der Waals surface area contributed by atoms with Gasteiger partial charge in [0.15, 0.2) is 5.82 Å². The van der Waals surface area contributed by atoms with Crippen LogP contribution >= 0.6 is 11.3 Å². The van der Waals surface area contributed by atoms with Crippen LogP contribution in [-0.2, 0) is 12.8 Å². The van der Waals surface area contributed by atoms with Gasteiger partial charge in [0.05, 0.1) is 28.8 Å². The third-order valence-corrected chi connectivity index (χ3v) is 4.84. The van der Waals surface area contributed by atoms with Crippen LogP contribution in [0, 0.1) is 20.8 Å². The summed E-state index contributed by atoms with van der Waals surface area (Å²) < 4.78 is 1.81. The molecule has 0 aliphatic heterocycles. The molecule has 0 radical (unpaired) electrons. The molecule has 3 aromatic rings. The lowest BCUT2D eigenvalue weighted by molar-refractivity contribution is 0.798. The zero-order valence-corrected chi connectivity index (χ0v) is 15.3. The molecule has 0 bridgehead atoms. The van der Waals surface area contributed by atoms with Crippen molar-refractivity contribution >= 4 is 17.2 Å². The Labute approximate surface area is 146 Å². The minimum absolute atomic E-state index is 0.726. The molecule has 24 heavy (non-hydrogen) atoms. The maximum atomic E-state index is 4.67. The number of hydrogen-bond donors (Lipinski definition) is 1. The minimum atomic E-state index is 0.726. The maximum absolute atomic E-state index is 4.67. The number of aryl methyl sites for hydroxylation is 4. The lowest BCUT2D eigenvalue weighted by atomic mass is 10.3. The van der Waals surface area contributed by atoms with Crippen molar-refractivity contribution < 1.29 is 0 Å². The summed E-state index contributed by atoms with van der Waals surface area (Å²) in [5.74, 6) is 1.48. The number of nitrogens with one attached hydrogen (secondary N) is 1. The quantitative estimate of drug-likeness (QED) is 0.745. The van der Waals surface area contributed by atoms with Gasteiger partial charge in [-0.1, -0.05) is 6.92 Å². The van der Waals surface area contributed by atoms with Gasteiger partial charge in [0.25, 0.3) is 0 Å². The van der Waals surface area contributed by atoms with Crippen molar-refractivity contribution in [3.63, 3.8) is 0 Å². The molecule has 0 atom stereocenters. The molecule has 0 aromatic carbocycles. The summed E-state index contributed by atoms with van der Waals surface area (Å²) in [4.78, 5) is 14.9. The van der Waals surface area contributed by atoms with Crippen LogP contribution < -0.4 is 5.32 Å². The molecular formula is C17H22N6S. The molecule has 0 aliphatic rings. The van der Waals surface area contributed by atoms with Gasteiger partial charge in [-0.15, -0.1) is 11.3 Å². The summed E-state index contributed by atoms with van der Waals surface area (Å²) in [5.41, 5.74) is 3.23. The normalized spacial score (nSPS) is 11.0. The Morgan fingerprint density at radius 3 is 2.67 bits per heavy atom. The van der Waals surface area contributed by atoms with Crippen molar-refractivity contribution in [1.82, 2.24) is 24.7 Å².